The number of methoxy groups -OCH3 is 1. The molecular weight excluding hydrogens is 548 g/mol. The molecule has 1 spiro atoms. The number of nitrogens with one attached hydrogen (secondary N) is 3. The second-order valence-electron chi connectivity index (χ2n) is 10.3. The molecule has 10 nitrogen and oxygen atoms in total. The Hall–Kier alpha value is -4.57. The van der Waals surface area contributed by atoms with Gasteiger partial charge >= 0.3 is 12.2 Å². The molecule has 3 aromatic rings. The number of anilines is 2. The molecule has 0 aliphatic carbocycles. The topological polar surface area (TPSA) is 126 Å². The number of fused-ring (bicyclic) bond motifs is 2. The minimum Gasteiger partial charge on any atom is -0.453 e. The molecule has 0 radical (unpaired) electrons. The molecule has 0 saturated carbocycles. The van der Waals surface area contributed by atoms with E-state index in [1.807, 2.05) is 30.3 Å². The molecule has 1 saturated heterocycles. The Balaban J connectivity index is 1.40. The smallest absolute Gasteiger partial charge is 0.412 e. The molecule has 0 bridgehead atoms. The first kappa shape index (κ1) is 28.0. The summed E-state index contributed by atoms with van der Waals surface area (Å²) in [6, 6.07) is 20.8. The van der Waals surface area contributed by atoms with Crippen molar-refractivity contribution in [2.24, 2.45) is 0 Å². The standard InChI is InChI=1S/C30H29ClN4O6/c1-29(17-19-6-4-3-5-7-19,34-25(36)20-8-11-22(12-9-20)32-27(38)40-2)26(37)35-15-14-30(18-35)23-16-21(31)10-13-24(23)33-28(39)41-30/h3-13,16H,14-15,17-18H2,1-2H3,(H,32,38)(H,33,39)(H,34,36)/t29-,30?/m0/s1. The highest BCUT2D eigenvalue weighted by molar-refractivity contribution is 6.30. The molecule has 212 valence electrons. The van der Waals surface area contributed by atoms with E-state index in [1.165, 1.54) is 7.11 Å². The minimum absolute atomic E-state index is 0.112. The van der Waals surface area contributed by atoms with Gasteiger partial charge in [-0.3, -0.25) is 20.2 Å². The zero-order valence-electron chi connectivity index (χ0n) is 22.5. The van der Waals surface area contributed by atoms with E-state index in [-0.39, 0.29) is 18.9 Å². The number of hydrogen-bond acceptors (Lipinski definition) is 6. The molecule has 2 heterocycles. The van der Waals surface area contributed by atoms with Crippen molar-refractivity contribution < 1.29 is 28.7 Å². The van der Waals surface area contributed by atoms with Gasteiger partial charge in [-0.15, -0.1) is 0 Å². The molecule has 2 aliphatic rings. The van der Waals surface area contributed by atoms with Gasteiger partial charge in [0, 0.05) is 41.2 Å². The molecule has 4 amide bonds. The number of carbonyl (C=O) groups excluding carboxylic acids is 4. The van der Waals surface area contributed by atoms with Crippen LogP contribution >= 0.6 is 11.6 Å². The zero-order valence-corrected chi connectivity index (χ0v) is 23.3. The fourth-order valence-corrected chi connectivity index (χ4v) is 5.52. The second kappa shape index (κ2) is 11.1. The van der Waals surface area contributed by atoms with Gasteiger partial charge in [0.25, 0.3) is 5.91 Å². The predicted molar refractivity (Wildman–Crippen MR) is 153 cm³/mol. The van der Waals surface area contributed by atoms with E-state index in [9.17, 15) is 19.2 Å². The van der Waals surface area contributed by atoms with Gasteiger partial charge in [-0.25, -0.2) is 9.59 Å². The van der Waals surface area contributed by atoms with Crippen LogP contribution in [0.3, 0.4) is 0 Å². The molecule has 3 N–H and O–H groups in total. The molecule has 2 atom stereocenters. The number of ether oxygens (including phenoxy) is 2. The maximum absolute atomic E-state index is 14.2. The lowest BCUT2D eigenvalue weighted by molar-refractivity contribution is -0.137. The van der Waals surface area contributed by atoms with Gasteiger partial charge in [-0.05, 0) is 55.0 Å². The number of amides is 4. The van der Waals surface area contributed by atoms with Gasteiger partial charge in [0.05, 0.1) is 19.3 Å². The lowest BCUT2D eigenvalue weighted by atomic mass is 9.89. The van der Waals surface area contributed by atoms with Gasteiger partial charge in [0.15, 0.2) is 5.60 Å². The van der Waals surface area contributed by atoms with Crippen molar-refractivity contribution in [2.45, 2.75) is 30.9 Å². The maximum atomic E-state index is 14.2. The van der Waals surface area contributed by atoms with E-state index in [4.69, 9.17) is 16.3 Å². The molecule has 11 heteroatoms. The van der Waals surface area contributed by atoms with Crippen molar-refractivity contribution in [2.75, 3.05) is 30.8 Å². The SMILES string of the molecule is COC(=O)Nc1ccc(C(=O)N[C@@](C)(Cc2ccccc2)C(=O)N2CCC3(C2)OC(=O)Nc2ccc(Cl)cc23)cc1. The average molecular weight is 577 g/mol. The van der Waals surface area contributed by atoms with Gasteiger partial charge in [-0.2, -0.15) is 0 Å². The third-order valence-corrected chi connectivity index (χ3v) is 7.59. The maximum Gasteiger partial charge on any atom is 0.412 e. The van der Waals surface area contributed by atoms with E-state index in [2.05, 4.69) is 20.7 Å². The lowest BCUT2D eigenvalue weighted by Crippen LogP contribution is -2.59. The van der Waals surface area contributed by atoms with Crippen LogP contribution in [0.5, 0.6) is 0 Å². The summed E-state index contributed by atoms with van der Waals surface area (Å²) in [7, 11) is 1.26. The zero-order chi connectivity index (χ0) is 29.2. The van der Waals surface area contributed by atoms with Crippen LogP contribution in [0.1, 0.15) is 34.8 Å². The highest BCUT2D eigenvalue weighted by atomic mass is 35.5. The van der Waals surface area contributed by atoms with Crippen LogP contribution in [-0.2, 0) is 26.3 Å². The molecule has 1 unspecified atom stereocenters. The Bertz CT molecular complexity index is 1500. The quantitative estimate of drug-likeness (QED) is 0.382. The normalized spacial score (nSPS) is 18.9. The fraction of sp³-hybridized carbons (Fsp3) is 0.267. The summed E-state index contributed by atoms with van der Waals surface area (Å²) in [5, 5.41) is 8.67. The fourth-order valence-electron chi connectivity index (χ4n) is 5.35. The van der Waals surface area contributed by atoms with E-state index in [1.54, 1.807) is 54.3 Å². The van der Waals surface area contributed by atoms with Gasteiger partial charge in [0.2, 0.25) is 5.91 Å². The number of likely N-dealkylation sites (tertiary alicyclic amines) is 1. The number of hydrogen-bond donors (Lipinski definition) is 3. The van der Waals surface area contributed by atoms with Gasteiger partial charge in [0.1, 0.15) is 5.54 Å². The number of halogens is 1. The lowest BCUT2D eigenvalue weighted by Gasteiger charge is -2.37. The Morgan fingerprint density at radius 2 is 1.83 bits per heavy atom. The van der Waals surface area contributed by atoms with Crippen molar-refractivity contribution in [3.8, 4) is 0 Å². The van der Waals surface area contributed by atoms with Crippen molar-refractivity contribution in [3.63, 3.8) is 0 Å². The highest BCUT2D eigenvalue weighted by Gasteiger charge is 2.51. The van der Waals surface area contributed by atoms with Crippen molar-refractivity contribution in [3.05, 3.63) is 94.5 Å². The summed E-state index contributed by atoms with van der Waals surface area (Å²) in [4.78, 5) is 53.2. The van der Waals surface area contributed by atoms with Crippen LogP contribution in [0, 0.1) is 0 Å². The van der Waals surface area contributed by atoms with E-state index in [0.717, 1.165) is 5.56 Å². The number of benzene rings is 3. The molecule has 2 aliphatic heterocycles. The highest BCUT2D eigenvalue weighted by Crippen LogP contribution is 2.44. The third kappa shape index (κ3) is 5.83. The Morgan fingerprint density at radius 3 is 2.54 bits per heavy atom. The van der Waals surface area contributed by atoms with Crippen molar-refractivity contribution in [1.82, 2.24) is 10.2 Å². The first-order chi connectivity index (χ1) is 19.6. The minimum atomic E-state index is -1.33. The van der Waals surface area contributed by atoms with Crippen LogP contribution in [0.4, 0.5) is 21.0 Å². The second-order valence-corrected chi connectivity index (χ2v) is 10.8. The van der Waals surface area contributed by atoms with Crippen LogP contribution in [0.15, 0.2) is 72.8 Å². The van der Waals surface area contributed by atoms with Crippen molar-refractivity contribution in [1.29, 1.82) is 0 Å². The van der Waals surface area contributed by atoms with Gasteiger partial charge < -0.3 is 19.7 Å². The number of nitrogens with zero attached hydrogens (tertiary/aromatic N) is 1. The van der Waals surface area contributed by atoms with Crippen molar-refractivity contribution >= 4 is 47.0 Å². The van der Waals surface area contributed by atoms with Crippen LogP contribution < -0.4 is 16.0 Å². The summed E-state index contributed by atoms with van der Waals surface area (Å²) < 4.78 is 10.4. The van der Waals surface area contributed by atoms with Gasteiger partial charge in [-0.1, -0.05) is 41.9 Å². The average Bonchev–Trinajstić information content (AvgIpc) is 3.37. The molecule has 0 aromatic heterocycles. The van der Waals surface area contributed by atoms with Crippen LogP contribution in [-0.4, -0.2) is 54.6 Å². The van der Waals surface area contributed by atoms with Crippen LogP contribution in [0.25, 0.3) is 0 Å². The predicted octanol–water partition coefficient (Wildman–Crippen LogP) is 4.94. The summed E-state index contributed by atoms with van der Waals surface area (Å²) in [5.74, 6) is -0.769. The summed E-state index contributed by atoms with van der Waals surface area (Å²) in [6.07, 6.45) is -0.618. The van der Waals surface area contributed by atoms with E-state index in [0.29, 0.717) is 40.5 Å². The first-order valence-corrected chi connectivity index (χ1v) is 13.4. The summed E-state index contributed by atoms with van der Waals surface area (Å²) in [6.45, 7) is 2.12. The summed E-state index contributed by atoms with van der Waals surface area (Å²) in [5.41, 5.74) is 0.525. The molecule has 41 heavy (non-hydrogen) atoms. The first-order valence-electron chi connectivity index (χ1n) is 13.0. The Kier molecular flexibility index (Phi) is 7.59. The number of rotatable bonds is 6. The Labute approximate surface area is 241 Å². The Morgan fingerprint density at radius 1 is 1.10 bits per heavy atom. The monoisotopic (exact) mass is 576 g/mol. The molecular formula is C30H29ClN4O6. The summed E-state index contributed by atoms with van der Waals surface area (Å²) >= 11 is 6.27. The number of carbonyl (C=O) groups is 4. The van der Waals surface area contributed by atoms with E-state index < -0.39 is 29.2 Å². The van der Waals surface area contributed by atoms with Crippen LogP contribution in [0.2, 0.25) is 5.02 Å². The molecule has 3 aromatic carbocycles. The van der Waals surface area contributed by atoms with E-state index >= 15 is 0 Å². The third-order valence-electron chi connectivity index (χ3n) is 7.36. The molecule has 5 rings (SSSR count). The largest absolute Gasteiger partial charge is 0.453 e. The molecule has 1 fully saturated rings.